The van der Waals surface area contributed by atoms with Crippen LogP contribution < -0.4 is 5.32 Å². The zero-order chi connectivity index (χ0) is 12.1. The monoisotopic (exact) mass is 239 g/mol. The van der Waals surface area contributed by atoms with E-state index in [2.05, 4.69) is 5.32 Å². The molecular weight excluding hydrogens is 220 g/mol. The molecule has 0 aromatic heterocycles. The van der Waals surface area contributed by atoms with Gasteiger partial charge < -0.3 is 5.32 Å². The molecule has 1 N–H and O–H groups in total. The molecule has 1 fully saturated rings. The van der Waals surface area contributed by atoms with Crippen molar-refractivity contribution in [3.8, 4) is 0 Å². The molecule has 0 saturated heterocycles. The molecule has 0 spiro atoms. The number of rotatable bonds is 3. The lowest BCUT2D eigenvalue weighted by Crippen LogP contribution is -2.13. The Hall–Kier alpha value is -1.12. The van der Waals surface area contributed by atoms with Crippen LogP contribution in [0.15, 0.2) is 18.2 Å². The first-order valence-corrected chi connectivity index (χ1v) is 6.44. The van der Waals surface area contributed by atoms with E-state index in [4.69, 9.17) is 0 Å². The molecule has 1 aromatic carbocycles. The van der Waals surface area contributed by atoms with Crippen molar-refractivity contribution in [2.24, 2.45) is 5.92 Å². The molecule has 0 amide bonds. The standard InChI is InChI=1S/C14H19F2N/c15-13-8-7-12(9-14(13)16)17-10-11-5-3-1-2-4-6-11/h7-9,11,17H,1-6,10H2. The number of hydrogen-bond acceptors (Lipinski definition) is 1. The van der Waals surface area contributed by atoms with Gasteiger partial charge in [-0.3, -0.25) is 0 Å². The van der Waals surface area contributed by atoms with Gasteiger partial charge >= 0.3 is 0 Å². The van der Waals surface area contributed by atoms with Crippen LogP contribution >= 0.6 is 0 Å². The fourth-order valence-corrected chi connectivity index (χ4v) is 2.44. The molecule has 2 rings (SSSR count). The molecule has 1 nitrogen and oxygen atoms in total. The van der Waals surface area contributed by atoms with Gasteiger partial charge in [0.2, 0.25) is 0 Å². The van der Waals surface area contributed by atoms with E-state index in [1.165, 1.54) is 50.7 Å². The Kier molecular flexibility index (Phi) is 4.35. The minimum atomic E-state index is -0.787. The minimum absolute atomic E-state index is 0.672. The molecule has 0 atom stereocenters. The van der Waals surface area contributed by atoms with Crippen molar-refractivity contribution in [2.45, 2.75) is 38.5 Å². The summed E-state index contributed by atoms with van der Waals surface area (Å²) in [6, 6.07) is 3.99. The summed E-state index contributed by atoms with van der Waals surface area (Å²) in [6.45, 7) is 0.866. The molecule has 1 aromatic rings. The van der Waals surface area contributed by atoms with Gasteiger partial charge in [0.1, 0.15) is 0 Å². The van der Waals surface area contributed by atoms with E-state index < -0.39 is 11.6 Å². The Balaban J connectivity index is 1.85. The molecule has 0 unspecified atom stereocenters. The van der Waals surface area contributed by atoms with Crippen LogP contribution in [0.4, 0.5) is 14.5 Å². The zero-order valence-corrected chi connectivity index (χ0v) is 10.0. The highest BCUT2D eigenvalue weighted by Gasteiger charge is 2.12. The van der Waals surface area contributed by atoms with Crippen molar-refractivity contribution in [3.63, 3.8) is 0 Å². The van der Waals surface area contributed by atoms with Crippen LogP contribution in [0.2, 0.25) is 0 Å². The Morgan fingerprint density at radius 2 is 1.71 bits per heavy atom. The van der Waals surface area contributed by atoms with Gasteiger partial charge in [-0.05, 0) is 37.0 Å². The number of halogens is 2. The number of hydrogen-bond donors (Lipinski definition) is 1. The SMILES string of the molecule is Fc1ccc(NCC2CCCCCC2)cc1F. The summed E-state index contributed by atoms with van der Waals surface area (Å²) >= 11 is 0. The van der Waals surface area contributed by atoms with Crippen molar-refractivity contribution >= 4 is 5.69 Å². The van der Waals surface area contributed by atoms with Gasteiger partial charge in [0.05, 0.1) is 0 Å². The Morgan fingerprint density at radius 1 is 1.00 bits per heavy atom. The van der Waals surface area contributed by atoms with Crippen molar-refractivity contribution in [3.05, 3.63) is 29.8 Å². The summed E-state index contributed by atoms with van der Waals surface area (Å²) < 4.78 is 25.7. The number of benzene rings is 1. The van der Waals surface area contributed by atoms with E-state index in [1.54, 1.807) is 6.07 Å². The van der Waals surface area contributed by atoms with E-state index in [0.717, 1.165) is 6.54 Å². The summed E-state index contributed by atoms with van der Waals surface area (Å²) in [5, 5.41) is 3.20. The first kappa shape index (κ1) is 12.3. The van der Waals surface area contributed by atoms with Crippen molar-refractivity contribution in [1.29, 1.82) is 0 Å². The molecule has 94 valence electrons. The molecule has 0 heterocycles. The van der Waals surface area contributed by atoms with Gasteiger partial charge in [-0.1, -0.05) is 25.7 Å². The van der Waals surface area contributed by atoms with E-state index in [9.17, 15) is 8.78 Å². The lowest BCUT2D eigenvalue weighted by atomic mass is 10.0. The fraction of sp³-hybridized carbons (Fsp3) is 0.571. The van der Waals surface area contributed by atoms with Crippen LogP contribution in [-0.2, 0) is 0 Å². The van der Waals surface area contributed by atoms with E-state index in [1.807, 2.05) is 0 Å². The van der Waals surface area contributed by atoms with Crippen LogP contribution in [-0.4, -0.2) is 6.54 Å². The van der Waals surface area contributed by atoms with Crippen molar-refractivity contribution in [1.82, 2.24) is 0 Å². The van der Waals surface area contributed by atoms with E-state index in [0.29, 0.717) is 11.6 Å². The van der Waals surface area contributed by atoms with Gasteiger partial charge in [-0.15, -0.1) is 0 Å². The third-order valence-corrected chi connectivity index (χ3v) is 3.49. The molecule has 1 aliphatic carbocycles. The molecule has 0 aliphatic heterocycles. The molecule has 3 heteroatoms. The zero-order valence-electron chi connectivity index (χ0n) is 10.0. The maximum absolute atomic E-state index is 13.0. The predicted molar refractivity (Wildman–Crippen MR) is 66.0 cm³/mol. The van der Waals surface area contributed by atoms with Crippen LogP contribution in [0.5, 0.6) is 0 Å². The highest BCUT2D eigenvalue weighted by atomic mass is 19.2. The third-order valence-electron chi connectivity index (χ3n) is 3.49. The van der Waals surface area contributed by atoms with Crippen molar-refractivity contribution < 1.29 is 8.78 Å². The van der Waals surface area contributed by atoms with Crippen molar-refractivity contribution in [2.75, 3.05) is 11.9 Å². The molecule has 0 radical (unpaired) electrons. The third kappa shape index (κ3) is 3.69. The second-order valence-corrected chi connectivity index (χ2v) is 4.87. The topological polar surface area (TPSA) is 12.0 Å². The van der Waals surface area contributed by atoms with E-state index >= 15 is 0 Å². The Morgan fingerprint density at radius 3 is 2.35 bits per heavy atom. The molecule has 0 bridgehead atoms. The van der Waals surface area contributed by atoms with Gasteiger partial charge in [-0.2, -0.15) is 0 Å². The first-order chi connectivity index (χ1) is 8.25. The number of anilines is 1. The first-order valence-electron chi connectivity index (χ1n) is 6.44. The normalized spacial score (nSPS) is 17.8. The predicted octanol–water partition coefficient (Wildman–Crippen LogP) is 4.35. The van der Waals surface area contributed by atoms with Gasteiger partial charge in [0.25, 0.3) is 0 Å². The highest BCUT2D eigenvalue weighted by molar-refractivity contribution is 5.43. The lowest BCUT2D eigenvalue weighted by Gasteiger charge is -2.15. The molecule has 17 heavy (non-hydrogen) atoms. The van der Waals surface area contributed by atoms with Crippen LogP contribution in [0.3, 0.4) is 0 Å². The maximum Gasteiger partial charge on any atom is 0.160 e. The average molecular weight is 239 g/mol. The second kappa shape index (κ2) is 5.99. The van der Waals surface area contributed by atoms with Gasteiger partial charge in [0.15, 0.2) is 11.6 Å². The number of nitrogens with one attached hydrogen (secondary N) is 1. The Bertz CT molecular complexity index is 357. The van der Waals surface area contributed by atoms with Crippen LogP contribution in [0.1, 0.15) is 38.5 Å². The molecule has 1 aliphatic rings. The minimum Gasteiger partial charge on any atom is -0.385 e. The van der Waals surface area contributed by atoms with Gasteiger partial charge in [0, 0.05) is 12.2 Å². The Labute approximate surface area is 101 Å². The van der Waals surface area contributed by atoms with Gasteiger partial charge in [-0.25, -0.2) is 8.78 Å². The molecular formula is C14H19F2N. The summed E-state index contributed by atoms with van der Waals surface area (Å²) in [5.74, 6) is -0.897. The second-order valence-electron chi connectivity index (χ2n) is 4.87. The summed E-state index contributed by atoms with van der Waals surface area (Å²) in [4.78, 5) is 0. The lowest BCUT2D eigenvalue weighted by molar-refractivity contribution is 0.482. The maximum atomic E-state index is 13.0. The smallest absolute Gasteiger partial charge is 0.160 e. The average Bonchev–Trinajstić information content (AvgIpc) is 2.59. The highest BCUT2D eigenvalue weighted by Crippen LogP contribution is 2.23. The summed E-state index contributed by atoms with van der Waals surface area (Å²) in [6.07, 6.45) is 7.75. The fourth-order valence-electron chi connectivity index (χ4n) is 2.44. The van der Waals surface area contributed by atoms with Crippen LogP contribution in [0, 0.1) is 17.6 Å². The summed E-state index contributed by atoms with van der Waals surface area (Å²) in [5.41, 5.74) is 0.674. The van der Waals surface area contributed by atoms with Crippen LogP contribution in [0.25, 0.3) is 0 Å². The summed E-state index contributed by atoms with van der Waals surface area (Å²) in [7, 11) is 0. The molecule has 1 saturated carbocycles. The quantitative estimate of drug-likeness (QED) is 0.773. The van der Waals surface area contributed by atoms with E-state index in [-0.39, 0.29) is 0 Å². The largest absolute Gasteiger partial charge is 0.385 e.